The Morgan fingerprint density at radius 3 is 0.658 bits per heavy atom. The van der Waals surface area contributed by atoms with Crippen LogP contribution in [0.25, 0.3) is 0 Å². The van der Waals surface area contributed by atoms with Crippen molar-refractivity contribution < 1.29 is 92.1 Å². The molecule has 0 aliphatic carbocycles. The molecule has 0 unspecified atom stereocenters. The molecule has 0 radical (unpaired) electrons. The largest absolute Gasteiger partial charge is 0 e. The minimum Gasteiger partial charge on any atom is 0 e. The van der Waals surface area contributed by atoms with E-state index in [1.807, 2.05) is 0 Å². The number of ether oxygens (including phenoxy) is 1. The third-order valence-electron chi connectivity index (χ3n) is 2.71. The second-order valence-corrected chi connectivity index (χ2v) is 18.7. The molecule has 0 atom stereocenters. The normalized spacial score (nSPS) is 11.2. The van der Waals surface area contributed by atoms with Crippen LogP contribution in [0.15, 0.2) is 0 Å². The molecule has 20 heteroatoms. The molecule has 0 saturated carbocycles. The van der Waals surface area contributed by atoms with Crippen LogP contribution in [0.5, 0.6) is 0 Å². The van der Waals surface area contributed by atoms with Crippen LogP contribution in [0.4, 0.5) is 0 Å². The number of aliphatic hydroxyl groups excluding tert-OH is 2. The van der Waals surface area contributed by atoms with E-state index in [0.717, 1.165) is 60.0 Å². The van der Waals surface area contributed by atoms with Crippen molar-refractivity contribution in [1.82, 2.24) is 0 Å². The van der Waals surface area contributed by atoms with Gasteiger partial charge in [-0.3, -0.25) is 0 Å². The van der Waals surface area contributed by atoms with Gasteiger partial charge in [-0.1, -0.05) is 0 Å². The van der Waals surface area contributed by atoms with Gasteiger partial charge in [-0.05, 0) is 0 Å². The molecule has 15 nitrogen and oxygen atoms in total. The van der Waals surface area contributed by atoms with Gasteiger partial charge >= 0.3 is 172 Å². The third-order valence-corrected chi connectivity index (χ3v) is 9.69. The number of aliphatic hydroxyl groups is 2. The summed E-state index contributed by atoms with van der Waals surface area (Å²) in [6.45, 7) is 0.696. The summed E-state index contributed by atoms with van der Waals surface area (Å²) in [5.74, 6) is 0. The molecule has 2 N–H and O–H groups in total. The van der Waals surface area contributed by atoms with E-state index in [9.17, 15) is 0 Å². The van der Waals surface area contributed by atoms with Crippen LogP contribution in [-0.2, 0) is 81.9 Å². The topological polar surface area (TPSA) is 335 Å². The predicted octanol–water partition coefficient (Wildman–Crippen LogP) is 0.344. The summed E-state index contributed by atoms with van der Waals surface area (Å²) < 4.78 is 4.63. The first-order valence-corrected chi connectivity index (χ1v) is 20.5. The SMILES string of the molecule is N#[C][Co]([C]#N)([C]#N)([C]#N)([C]#N)[C]#N.N#[C][Co]([C]#N)([C]#N)([C]#N)([C]#N)[C]#N.OCCOCCO.[CH3][Zn][CH3].[Zn].[Zn]. The molecule has 0 spiro atoms. The summed E-state index contributed by atoms with van der Waals surface area (Å²) in [7, 11) is -12.1. The average Bonchev–Trinajstić information content (AvgIpc) is 2.96. The van der Waals surface area contributed by atoms with Gasteiger partial charge in [-0.15, -0.1) is 0 Å². The van der Waals surface area contributed by atoms with Gasteiger partial charge in [0.25, 0.3) is 0 Å². The summed E-state index contributed by atoms with van der Waals surface area (Å²) in [6, 6.07) is 0. The molecule has 38 heavy (non-hydrogen) atoms. The maximum Gasteiger partial charge on any atom is 0 e. The van der Waals surface area contributed by atoms with Crippen molar-refractivity contribution >= 4 is 0 Å². The van der Waals surface area contributed by atoms with Gasteiger partial charge in [0.2, 0.25) is 0 Å². The molecule has 0 fully saturated rings. The van der Waals surface area contributed by atoms with Crippen molar-refractivity contribution in [2.45, 2.75) is 11.0 Å². The Kier molecular flexibility index (Phi) is 22.6. The van der Waals surface area contributed by atoms with Crippen LogP contribution < -0.4 is 0 Å². The van der Waals surface area contributed by atoms with Crippen LogP contribution >= 0.6 is 0 Å². The van der Waals surface area contributed by atoms with E-state index < -0.39 is 21.1 Å². The molecule has 0 aliphatic rings. The Morgan fingerprint density at radius 2 is 0.605 bits per heavy atom. The molecule has 0 aliphatic heterocycles. The number of hydrogen-bond donors (Lipinski definition) is 2. The molecule has 0 aromatic heterocycles. The first kappa shape index (κ1) is 47.8. The van der Waals surface area contributed by atoms with Crippen molar-refractivity contribution in [3.8, 4) is 60.0 Å². The first-order valence-electron chi connectivity index (χ1n) is 8.31. The predicted molar refractivity (Wildman–Crippen MR) is 104 cm³/mol. The zero-order valence-corrected chi connectivity index (χ0v) is 31.3. The average molecular weight is 762 g/mol. The molecule has 0 amide bonds. The summed E-state index contributed by atoms with van der Waals surface area (Å²) in [5.41, 5.74) is 4.62. The van der Waals surface area contributed by atoms with Crippen molar-refractivity contribution in [3.63, 3.8) is 0 Å². The summed E-state index contributed by atoms with van der Waals surface area (Å²) >= 11 is 0.125. The molecule has 0 heterocycles. The fraction of sp³-hybridized carbons (Fsp3) is 0.333. The summed E-state index contributed by atoms with van der Waals surface area (Å²) in [6.07, 6.45) is 0. The van der Waals surface area contributed by atoms with Crippen LogP contribution in [0, 0.1) is 123 Å². The Morgan fingerprint density at radius 1 is 0.474 bits per heavy atom. The van der Waals surface area contributed by atoms with Crippen LogP contribution in [0.1, 0.15) is 0 Å². The third kappa shape index (κ3) is 8.89. The van der Waals surface area contributed by atoms with Gasteiger partial charge in [-0.25, -0.2) is 0 Å². The molecular weight excluding hydrogens is 746 g/mol. The first-order chi connectivity index (χ1) is 16.8. The molecule has 190 valence electrons. The molecule has 0 aromatic carbocycles. The van der Waals surface area contributed by atoms with Gasteiger partial charge in [0, 0.05) is 39.0 Å². The minimum atomic E-state index is -6.03. The van der Waals surface area contributed by atoms with Crippen LogP contribution in [0.3, 0.4) is 0 Å². The molecule has 0 saturated heterocycles. The van der Waals surface area contributed by atoms with E-state index in [-0.39, 0.29) is 69.3 Å². The van der Waals surface area contributed by atoms with Crippen molar-refractivity contribution in [3.05, 3.63) is 0 Å². The van der Waals surface area contributed by atoms with Crippen molar-refractivity contribution in [1.29, 1.82) is 63.1 Å². The fourth-order valence-electron chi connectivity index (χ4n) is 0.731. The maximum atomic E-state index is 8.58. The van der Waals surface area contributed by atoms with E-state index in [2.05, 4.69) is 15.8 Å². The van der Waals surface area contributed by atoms with Crippen molar-refractivity contribution in [2.75, 3.05) is 26.4 Å². The zero-order chi connectivity index (χ0) is 29.5. The number of hydrogen-bond acceptors (Lipinski definition) is 15. The van der Waals surface area contributed by atoms with E-state index >= 15 is 0 Å². The number of nitriles is 12. The maximum absolute atomic E-state index is 8.58. The Labute approximate surface area is 250 Å². The smallest absolute Gasteiger partial charge is 0 e. The Hall–Kier alpha value is -3.36. The summed E-state index contributed by atoms with van der Waals surface area (Å²) in [5, 5.41) is 131. The van der Waals surface area contributed by atoms with Gasteiger partial charge in [-0.2, -0.15) is 0 Å². The van der Waals surface area contributed by atoms with Crippen LogP contribution in [0.2, 0.25) is 11.0 Å². The van der Waals surface area contributed by atoms with E-state index in [1.165, 1.54) is 0 Å². The fourth-order valence-corrected chi connectivity index (χ4v) is 2.29. The molecule has 0 aromatic rings. The van der Waals surface area contributed by atoms with E-state index in [4.69, 9.17) is 73.4 Å². The molecule has 0 bridgehead atoms. The number of nitrogens with zero attached hydrogens (tertiary/aromatic N) is 12. The second kappa shape index (κ2) is 18.0. The zero-order valence-electron chi connectivity index (χ0n) is 20.3. The van der Waals surface area contributed by atoms with E-state index in [1.54, 1.807) is 0 Å². The number of rotatable bonds is 4. The van der Waals surface area contributed by atoms with Gasteiger partial charge in [0.15, 0.2) is 0 Å². The van der Waals surface area contributed by atoms with Gasteiger partial charge < -0.3 is 14.9 Å². The monoisotopic (exact) mass is 758 g/mol. The Bertz CT molecular complexity index is 1010. The minimum absolute atomic E-state index is 0. The van der Waals surface area contributed by atoms with E-state index in [0.29, 0.717) is 13.2 Å². The van der Waals surface area contributed by atoms with Gasteiger partial charge in [0.05, 0.1) is 26.4 Å². The van der Waals surface area contributed by atoms with Crippen LogP contribution in [-0.4, -0.2) is 36.6 Å². The standard InChI is InChI=1S/C4H10O3.12CN.2CH3.2Co.3Zn/c5-1-3-7-4-2-6;12*1-2;;;;;;;/h5-6H,1-4H2;;;;;;;;;;;;;2*1H3;;;;;. The Balaban J connectivity index is -0.0000000969. The quantitative estimate of drug-likeness (QED) is 0.288. The second-order valence-electron chi connectivity index (χ2n) is 5.16. The van der Waals surface area contributed by atoms with Crippen molar-refractivity contribution in [2.24, 2.45) is 0 Å². The van der Waals surface area contributed by atoms with Gasteiger partial charge in [0.1, 0.15) is 0 Å². The summed E-state index contributed by atoms with van der Waals surface area (Å²) in [4.78, 5) is 0. The molecule has 0 rings (SSSR count). The molecular formula is C18H16Co2N12O3Zn3.